The number of hydrogen-bond acceptors (Lipinski definition) is 3. The molecule has 8 heteroatoms. The summed E-state index contributed by atoms with van der Waals surface area (Å²) in [4.78, 5) is 18.2. The van der Waals surface area contributed by atoms with Gasteiger partial charge in [0.15, 0.2) is 0 Å². The van der Waals surface area contributed by atoms with E-state index in [1.54, 1.807) is 12.1 Å². The lowest BCUT2D eigenvalue weighted by molar-refractivity contribution is -0.113. The quantitative estimate of drug-likeness (QED) is 0.366. The van der Waals surface area contributed by atoms with Crippen LogP contribution in [-0.4, -0.2) is 15.5 Å². The van der Waals surface area contributed by atoms with Crippen LogP contribution in [0, 0.1) is 5.82 Å². The number of benzene rings is 3. The van der Waals surface area contributed by atoms with Gasteiger partial charge in [0, 0.05) is 21.4 Å². The molecule has 3 aromatic carbocycles. The van der Waals surface area contributed by atoms with E-state index in [0.717, 1.165) is 11.0 Å². The number of fused-ring (bicyclic) bond motifs is 3. The highest BCUT2D eigenvalue weighted by Gasteiger charge is 2.35. The Morgan fingerprint density at radius 3 is 2.59 bits per heavy atom. The maximum absolute atomic E-state index is 13.5. The van der Waals surface area contributed by atoms with E-state index in [0.29, 0.717) is 38.5 Å². The molecule has 1 aromatic heterocycles. The summed E-state index contributed by atoms with van der Waals surface area (Å²) >= 11 is 12.7. The zero-order valence-electron chi connectivity index (χ0n) is 16.9. The second-order valence-corrected chi connectivity index (χ2v) is 8.33. The highest BCUT2D eigenvalue weighted by Crippen LogP contribution is 2.42. The smallest absolute Gasteiger partial charge is 0.255 e. The zero-order valence-corrected chi connectivity index (χ0v) is 18.4. The third-order valence-corrected chi connectivity index (χ3v) is 6.00. The first-order chi connectivity index (χ1) is 15.4. The lowest BCUT2D eigenvalue weighted by Gasteiger charge is -2.31. The second kappa shape index (κ2) is 7.97. The summed E-state index contributed by atoms with van der Waals surface area (Å²) in [5.74, 6) is -0.0998. The van der Waals surface area contributed by atoms with Crippen molar-refractivity contribution < 1.29 is 9.18 Å². The van der Waals surface area contributed by atoms with E-state index in [-0.39, 0.29) is 11.7 Å². The molecule has 2 heterocycles. The Morgan fingerprint density at radius 2 is 1.84 bits per heavy atom. The van der Waals surface area contributed by atoms with Crippen molar-refractivity contribution in [2.45, 2.75) is 13.0 Å². The van der Waals surface area contributed by atoms with Gasteiger partial charge < -0.3 is 10.6 Å². The average Bonchev–Trinajstić information content (AvgIpc) is 3.12. The monoisotopic (exact) mass is 466 g/mol. The Kier molecular flexibility index (Phi) is 5.12. The van der Waals surface area contributed by atoms with Crippen molar-refractivity contribution in [3.05, 3.63) is 99.4 Å². The molecule has 2 N–H and O–H groups in total. The van der Waals surface area contributed by atoms with Crippen molar-refractivity contribution in [1.29, 1.82) is 0 Å². The van der Waals surface area contributed by atoms with Crippen LogP contribution in [0.15, 0.2) is 78.0 Å². The van der Waals surface area contributed by atoms with Crippen molar-refractivity contribution in [2.24, 2.45) is 0 Å². The van der Waals surface area contributed by atoms with Crippen molar-refractivity contribution in [1.82, 2.24) is 9.55 Å². The van der Waals surface area contributed by atoms with Gasteiger partial charge in [-0.05, 0) is 61.0 Å². The second-order valence-electron chi connectivity index (χ2n) is 7.49. The minimum atomic E-state index is -0.552. The van der Waals surface area contributed by atoms with Gasteiger partial charge in [-0.15, -0.1) is 0 Å². The maximum atomic E-state index is 13.5. The van der Waals surface area contributed by atoms with Gasteiger partial charge in [-0.3, -0.25) is 9.36 Å². The predicted molar refractivity (Wildman–Crippen MR) is 126 cm³/mol. The largest absolute Gasteiger partial charge is 0.329 e. The summed E-state index contributed by atoms with van der Waals surface area (Å²) in [5, 5.41) is 7.05. The third kappa shape index (κ3) is 3.51. The van der Waals surface area contributed by atoms with Crippen LogP contribution < -0.4 is 10.6 Å². The van der Waals surface area contributed by atoms with Gasteiger partial charge in [-0.25, -0.2) is 9.37 Å². The summed E-state index contributed by atoms with van der Waals surface area (Å²) in [6.07, 6.45) is 0. The fourth-order valence-electron chi connectivity index (χ4n) is 4.01. The molecule has 1 aliphatic rings. The molecule has 0 aliphatic carbocycles. The SMILES string of the molecule is CC1=C(C(=O)Nc2ccc(F)cc2)[C@@H](c2ccc(Cl)cc2Cl)n2c(nc3ccccc32)N1. The number of para-hydroxylation sites is 2. The minimum absolute atomic E-state index is 0.332. The molecule has 0 saturated carbocycles. The molecule has 0 unspecified atom stereocenters. The van der Waals surface area contributed by atoms with Gasteiger partial charge in [-0.1, -0.05) is 41.4 Å². The van der Waals surface area contributed by atoms with Crippen LogP contribution in [0.1, 0.15) is 18.5 Å². The van der Waals surface area contributed by atoms with E-state index < -0.39 is 6.04 Å². The molecule has 0 saturated heterocycles. The summed E-state index contributed by atoms with van der Waals surface area (Å²) in [7, 11) is 0. The Hall–Kier alpha value is -3.35. The molecular weight excluding hydrogens is 450 g/mol. The first kappa shape index (κ1) is 20.5. The first-order valence-corrected chi connectivity index (χ1v) is 10.6. The summed E-state index contributed by atoms with van der Waals surface area (Å²) in [6, 6.07) is 18.0. The van der Waals surface area contributed by atoms with E-state index >= 15 is 0 Å². The molecule has 32 heavy (non-hydrogen) atoms. The summed E-state index contributed by atoms with van der Waals surface area (Å²) in [5.41, 5.74) is 3.95. The number of nitrogens with one attached hydrogen (secondary N) is 2. The van der Waals surface area contributed by atoms with Crippen LogP contribution in [-0.2, 0) is 4.79 Å². The van der Waals surface area contributed by atoms with Gasteiger partial charge in [0.1, 0.15) is 5.82 Å². The van der Waals surface area contributed by atoms with Gasteiger partial charge in [0.25, 0.3) is 5.91 Å². The van der Waals surface area contributed by atoms with E-state index in [1.807, 2.05) is 41.8 Å². The number of allylic oxidation sites excluding steroid dienone is 1. The van der Waals surface area contributed by atoms with Crippen LogP contribution in [0.3, 0.4) is 0 Å². The predicted octanol–water partition coefficient (Wildman–Crippen LogP) is 6.41. The van der Waals surface area contributed by atoms with E-state index in [9.17, 15) is 9.18 Å². The molecule has 160 valence electrons. The molecule has 0 spiro atoms. The van der Waals surface area contributed by atoms with Crippen molar-refractivity contribution in [3.8, 4) is 0 Å². The van der Waals surface area contributed by atoms with Crippen molar-refractivity contribution in [3.63, 3.8) is 0 Å². The third-order valence-electron chi connectivity index (χ3n) is 5.43. The fourth-order valence-corrected chi connectivity index (χ4v) is 4.52. The number of hydrogen-bond donors (Lipinski definition) is 2. The summed E-state index contributed by atoms with van der Waals surface area (Å²) < 4.78 is 15.3. The standard InChI is InChI=1S/C24H17Cl2FN4O/c1-13-21(23(32)29-16-9-7-15(27)8-10-16)22(17-11-6-14(25)12-18(17)26)31-20-5-3-2-4-19(20)30-24(31)28-13/h2-12,22H,1H3,(H,28,30)(H,29,32)/t22-/m1/s1. The lowest BCUT2D eigenvalue weighted by Crippen LogP contribution is -2.31. The van der Waals surface area contributed by atoms with Gasteiger partial charge >= 0.3 is 0 Å². The van der Waals surface area contributed by atoms with Crippen LogP contribution >= 0.6 is 23.2 Å². The topological polar surface area (TPSA) is 59.0 Å². The van der Waals surface area contributed by atoms with Gasteiger partial charge in [0.2, 0.25) is 5.95 Å². The number of carbonyl (C=O) groups is 1. The molecule has 0 fully saturated rings. The molecule has 5 nitrogen and oxygen atoms in total. The highest BCUT2D eigenvalue weighted by molar-refractivity contribution is 6.35. The molecule has 0 radical (unpaired) electrons. The van der Waals surface area contributed by atoms with Gasteiger partial charge in [-0.2, -0.15) is 0 Å². The fraction of sp³-hybridized carbons (Fsp3) is 0.0833. The molecule has 1 aliphatic heterocycles. The molecule has 4 aromatic rings. The molecule has 1 atom stereocenters. The number of imidazole rings is 1. The molecule has 0 bridgehead atoms. The lowest BCUT2D eigenvalue weighted by atomic mass is 9.94. The highest BCUT2D eigenvalue weighted by atomic mass is 35.5. The molecular formula is C24H17Cl2FN4O. The number of amides is 1. The maximum Gasteiger partial charge on any atom is 0.255 e. The number of carbonyl (C=O) groups excluding carboxylic acids is 1. The van der Waals surface area contributed by atoms with Crippen LogP contribution in [0.5, 0.6) is 0 Å². The molecule has 5 rings (SSSR count). The number of nitrogens with zero attached hydrogens (tertiary/aromatic N) is 2. The number of aromatic nitrogens is 2. The zero-order chi connectivity index (χ0) is 22.4. The Balaban J connectivity index is 1.68. The first-order valence-electron chi connectivity index (χ1n) is 9.89. The number of anilines is 2. The van der Waals surface area contributed by atoms with E-state index in [2.05, 4.69) is 15.6 Å². The number of rotatable bonds is 3. The van der Waals surface area contributed by atoms with Crippen LogP contribution in [0.4, 0.5) is 16.0 Å². The van der Waals surface area contributed by atoms with E-state index in [4.69, 9.17) is 23.2 Å². The minimum Gasteiger partial charge on any atom is -0.329 e. The Bertz CT molecular complexity index is 1400. The molecule has 1 amide bonds. The van der Waals surface area contributed by atoms with E-state index in [1.165, 1.54) is 24.3 Å². The Labute approximate surface area is 193 Å². The average molecular weight is 467 g/mol. The Morgan fingerprint density at radius 1 is 1.09 bits per heavy atom. The summed E-state index contributed by atoms with van der Waals surface area (Å²) in [6.45, 7) is 1.82. The van der Waals surface area contributed by atoms with Crippen molar-refractivity contribution in [2.75, 3.05) is 10.6 Å². The van der Waals surface area contributed by atoms with Crippen LogP contribution in [0.2, 0.25) is 10.0 Å². The normalized spacial score (nSPS) is 15.4. The van der Waals surface area contributed by atoms with Gasteiger partial charge in [0.05, 0.1) is 22.6 Å². The van der Waals surface area contributed by atoms with Crippen LogP contribution in [0.25, 0.3) is 11.0 Å². The van der Waals surface area contributed by atoms with Crippen molar-refractivity contribution >= 4 is 51.8 Å². The number of halogens is 3.